The third kappa shape index (κ3) is 1.23. The Hall–Kier alpha value is -0.950. The van der Waals surface area contributed by atoms with Crippen molar-refractivity contribution in [3.8, 4) is 0 Å². The lowest BCUT2D eigenvalue weighted by atomic mass is 9.44. The lowest BCUT2D eigenvalue weighted by molar-refractivity contribution is -0.136. The van der Waals surface area contributed by atoms with Crippen molar-refractivity contribution in [1.29, 1.82) is 0 Å². The van der Waals surface area contributed by atoms with Gasteiger partial charge in [-0.05, 0) is 43.6 Å². The summed E-state index contributed by atoms with van der Waals surface area (Å²) in [6.07, 6.45) is 1.61. The van der Waals surface area contributed by atoms with Crippen LogP contribution in [0.2, 0.25) is 0 Å². The number of aliphatic hydroxyl groups is 1. The molecule has 1 N–H and O–H groups in total. The summed E-state index contributed by atoms with van der Waals surface area (Å²) in [5, 5.41) is 11.6. The molecule has 0 bridgehead atoms. The third-order valence-corrected chi connectivity index (χ3v) is 9.57. The van der Waals surface area contributed by atoms with E-state index in [9.17, 15) is 9.90 Å². The molecule has 0 aromatic carbocycles. The zero-order valence-electron chi connectivity index (χ0n) is 16.2. The van der Waals surface area contributed by atoms with Gasteiger partial charge < -0.3 is 24.1 Å². The van der Waals surface area contributed by atoms with E-state index in [2.05, 4.69) is 27.7 Å². The van der Waals surface area contributed by atoms with E-state index in [0.717, 1.165) is 30.4 Å². The number of ether oxygens (including phenoxy) is 4. The minimum absolute atomic E-state index is 0.0295. The number of carbonyl (C=O) groups excluding carboxylic acids is 1. The number of hydrogen-bond acceptors (Lipinski definition) is 6. The van der Waals surface area contributed by atoms with Crippen LogP contribution in [0.5, 0.6) is 0 Å². The monoisotopic (exact) mass is 374 g/mol. The van der Waals surface area contributed by atoms with Crippen LogP contribution in [-0.2, 0) is 23.7 Å². The predicted octanol–water partition coefficient (Wildman–Crippen LogP) is 1.49. The summed E-state index contributed by atoms with van der Waals surface area (Å²) < 4.78 is 24.7. The fourth-order valence-electron chi connectivity index (χ4n) is 8.11. The quantitative estimate of drug-likeness (QED) is 0.553. The Morgan fingerprint density at radius 3 is 2.67 bits per heavy atom. The van der Waals surface area contributed by atoms with Gasteiger partial charge >= 0.3 is 5.97 Å². The zero-order valence-corrected chi connectivity index (χ0v) is 16.2. The SMILES string of the molecule is CC(C)[C@]12O[C@H]1[C@@H]1O[C@@]13[C@@]1(C)CCC4=C(COC4=O)[C@@H]1CC1(C)O[C@@]13[C@@H]2O. The molecule has 4 aliphatic heterocycles. The minimum atomic E-state index is -0.700. The smallest absolute Gasteiger partial charge is 0.334 e. The second-order valence-electron chi connectivity index (χ2n) is 10.5. The molecule has 7 rings (SSSR count). The second kappa shape index (κ2) is 3.89. The van der Waals surface area contributed by atoms with Crippen molar-refractivity contribution >= 4 is 5.97 Å². The Morgan fingerprint density at radius 2 is 1.93 bits per heavy atom. The zero-order chi connectivity index (χ0) is 18.8. The minimum Gasteiger partial charge on any atom is -0.458 e. The fraction of sp³-hybridized carbons (Fsp3) is 0.857. The average molecular weight is 374 g/mol. The van der Waals surface area contributed by atoms with Gasteiger partial charge in [0.05, 0.1) is 0 Å². The molecule has 2 spiro atoms. The van der Waals surface area contributed by atoms with Crippen LogP contribution in [-0.4, -0.2) is 58.4 Å². The summed E-state index contributed by atoms with van der Waals surface area (Å²) >= 11 is 0. The maximum absolute atomic E-state index is 12.2. The van der Waals surface area contributed by atoms with E-state index in [0.29, 0.717) is 6.61 Å². The van der Waals surface area contributed by atoms with Crippen LogP contribution in [0.15, 0.2) is 11.1 Å². The van der Waals surface area contributed by atoms with Gasteiger partial charge in [-0.15, -0.1) is 0 Å². The van der Waals surface area contributed by atoms with Gasteiger partial charge in [0.15, 0.2) is 5.60 Å². The van der Waals surface area contributed by atoms with E-state index in [1.54, 1.807) is 0 Å². The summed E-state index contributed by atoms with van der Waals surface area (Å²) in [4.78, 5) is 12.2. The molecule has 0 aromatic heterocycles. The molecular weight excluding hydrogens is 348 g/mol. The Balaban J connectivity index is 1.42. The Morgan fingerprint density at radius 1 is 1.15 bits per heavy atom. The maximum Gasteiger partial charge on any atom is 0.334 e. The van der Waals surface area contributed by atoms with Gasteiger partial charge in [-0.1, -0.05) is 20.8 Å². The highest BCUT2D eigenvalue weighted by molar-refractivity contribution is 5.92. The molecule has 6 nitrogen and oxygen atoms in total. The highest BCUT2D eigenvalue weighted by atomic mass is 16.8. The number of aliphatic hydroxyl groups excluding tert-OH is 1. The van der Waals surface area contributed by atoms with Crippen LogP contribution in [0.3, 0.4) is 0 Å². The van der Waals surface area contributed by atoms with Crippen LogP contribution in [0.4, 0.5) is 0 Å². The first-order chi connectivity index (χ1) is 12.7. The number of fused-ring (bicyclic) bond motifs is 4. The molecule has 146 valence electrons. The number of esters is 1. The molecule has 4 heterocycles. The molecule has 1 unspecified atom stereocenters. The molecule has 0 amide bonds. The van der Waals surface area contributed by atoms with Crippen molar-refractivity contribution in [2.75, 3.05) is 6.61 Å². The molecule has 9 atom stereocenters. The van der Waals surface area contributed by atoms with Crippen LogP contribution in [0, 0.1) is 17.3 Å². The van der Waals surface area contributed by atoms with Gasteiger partial charge in [0.25, 0.3) is 0 Å². The predicted molar refractivity (Wildman–Crippen MR) is 91.7 cm³/mol. The van der Waals surface area contributed by atoms with E-state index < -0.39 is 28.5 Å². The first-order valence-electron chi connectivity index (χ1n) is 10.3. The van der Waals surface area contributed by atoms with E-state index in [1.807, 2.05) is 0 Å². The Bertz CT molecular complexity index is 865. The van der Waals surface area contributed by atoms with Crippen molar-refractivity contribution < 1.29 is 28.8 Å². The van der Waals surface area contributed by atoms with Crippen LogP contribution in [0.1, 0.15) is 47.0 Å². The summed E-state index contributed by atoms with van der Waals surface area (Å²) in [6, 6.07) is 0. The van der Waals surface area contributed by atoms with Gasteiger partial charge in [-0.3, -0.25) is 0 Å². The van der Waals surface area contributed by atoms with Crippen molar-refractivity contribution in [2.45, 2.75) is 87.7 Å². The Labute approximate surface area is 158 Å². The molecule has 2 saturated carbocycles. The molecule has 5 fully saturated rings. The molecule has 3 saturated heterocycles. The molecular formula is C21H26O6. The largest absolute Gasteiger partial charge is 0.458 e. The van der Waals surface area contributed by atoms with Crippen LogP contribution in [0.25, 0.3) is 0 Å². The highest BCUT2D eigenvalue weighted by Crippen LogP contribution is 2.85. The standard InChI is InChI=1S/C21H26O6/c1-9(2)19-13(25-19)14-20(26-14)17(3)6-5-10-11(8-24-15(10)22)12(17)7-18(4)21(20,27-18)16(19)23/h9,12-14,16,23H,5-8H2,1-4H3/t12-,13-,14-,16+,17-,18?,19-,20+,21-/m0/s1. The first kappa shape index (κ1) is 15.9. The number of carbonyl (C=O) groups is 1. The Kier molecular flexibility index (Phi) is 2.29. The topological polar surface area (TPSA) is 84.1 Å². The van der Waals surface area contributed by atoms with Gasteiger partial charge in [-0.2, -0.15) is 0 Å². The van der Waals surface area contributed by atoms with Crippen molar-refractivity contribution in [2.24, 2.45) is 17.3 Å². The van der Waals surface area contributed by atoms with E-state index in [1.165, 1.54) is 0 Å². The van der Waals surface area contributed by atoms with Crippen LogP contribution >= 0.6 is 0 Å². The van der Waals surface area contributed by atoms with Gasteiger partial charge in [0.1, 0.15) is 41.7 Å². The molecule has 6 heteroatoms. The van der Waals surface area contributed by atoms with Crippen molar-refractivity contribution in [3.05, 3.63) is 11.1 Å². The number of hydrogen-bond donors (Lipinski definition) is 1. The number of epoxide rings is 3. The average Bonchev–Trinajstić information content (AvgIpc) is 3.50. The molecule has 0 radical (unpaired) electrons. The van der Waals surface area contributed by atoms with Crippen molar-refractivity contribution in [3.63, 3.8) is 0 Å². The summed E-state index contributed by atoms with van der Waals surface area (Å²) in [5.41, 5.74) is -0.387. The molecule has 3 aliphatic carbocycles. The van der Waals surface area contributed by atoms with E-state index in [-0.39, 0.29) is 35.4 Å². The van der Waals surface area contributed by atoms with E-state index in [4.69, 9.17) is 18.9 Å². The fourth-order valence-corrected chi connectivity index (χ4v) is 8.11. The van der Waals surface area contributed by atoms with Gasteiger partial charge in [0.2, 0.25) is 0 Å². The number of rotatable bonds is 1. The lowest BCUT2D eigenvalue weighted by Crippen LogP contribution is -2.70. The van der Waals surface area contributed by atoms with Crippen molar-refractivity contribution in [1.82, 2.24) is 0 Å². The maximum atomic E-state index is 12.2. The van der Waals surface area contributed by atoms with Crippen LogP contribution < -0.4 is 0 Å². The highest BCUT2D eigenvalue weighted by Gasteiger charge is 3.03. The molecule has 27 heavy (non-hydrogen) atoms. The summed E-state index contributed by atoms with van der Waals surface area (Å²) in [7, 11) is 0. The van der Waals surface area contributed by atoms with E-state index >= 15 is 0 Å². The lowest BCUT2D eigenvalue weighted by Gasteiger charge is -2.54. The number of cyclic esters (lactones) is 1. The summed E-state index contributed by atoms with van der Waals surface area (Å²) in [6.45, 7) is 9.02. The van der Waals surface area contributed by atoms with Gasteiger partial charge in [0, 0.05) is 11.0 Å². The molecule has 0 aromatic rings. The first-order valence-corrected chi connectivity index (χ1v) is 10.3. The van der Waals surface area contributed by atoms with Gasteiger partial charge in [-0.25, -0.2) is 4.79 Å². The summed E-state index contributed by atoms with van der Waals surface area (Å²) in [5.74, 6) is 0.245. The second-order valence-corrected chi connectivity index (χ2v) is 10.5. The molecule has 7 aliphatic rings. The third-order valence-electron chi connectivity index (χ3n) is 9.57. The normalized spacial score (nSPS) is 64.0.